The van der Waals surface area contributed by atoms with Crippen LogP contribution in [0.5, 0.6) is 23.0 Å². The van der Waals surface area contributed by atoms with Crippen LogP contribution >= 0.6 is 0 Å². The molecule has 0 spiro atoms. The summed E-state index contributed by atoms with van der Waals surface area (Å²) in [7, 11) is 4.08. The van der Waals surface area contributed by atoms with Crippen molar-refractivity contribution >= 4 is 29.6 Å². The van der Waals surface area contributed by atoms with E-state index in [4.69, 9.17) is 23.7 Å². The topological polar surface area (TPSA) is 194 Å². The molecule has 5 rings (SSSR count). The summed E-state index contributed by atoms with van der Waals surface area (Å²) in [6, 6.07) is 11.8. The van der Waals surface area contributed by atoms with Crippen LogP contribution in [-0.4, -0.2) is 73.9 Å². The maximum Gasteiger partial charge on any atom is 0.408 e. The van der Waals surface area contributed by atoms with Gasteiger partial charge in [0.1, 0.15) is 29.5 Å². The predicted molar refractivity (Wildman–Crippen MR) is 179 cm³/mol. The van der Waals surface area contributed by atoms with Crippen molar-refractivity contribution in [1.29, 1.82) is 0 Å². The minimum atomic E-state index is -1.36. The predicted octanol–water partition coefficient (Wildman–Crippen LogP) is 3.78. The van der Waals surface area contributed by atoms with E-state index in [9.17, 15) is 29.3 Å². The van der Waals surface area contributed by atoms with Crippen LogP contribution in [0.1, 0.15) is 37.5 Å². The van der Waals surface area contributed by atoms with E-state index in [1.54, 1.807) is 57.2 Å². The van der Waals surface area contributed by atoms with Gasteiger partial charge in [0, 0.05) is 25.3 Å². The fraction of sp³-hybridized carbons (Fsp3) is 0.371. The number of nitro benzene ring substituents is 1. The van der Waals surface area contributed by atoms with Crippen LogP contribution < -0.4 is 30.2 Å². The molecule has 0 saturated carbocycles. The van der Waals surface area contributed by atoms with Gasteiger partial charge in [0.15, 0.2) is 11.5 Å². The van der Waals surface area contributed by atoms with Crippen LogP contribution in [0.15, 0.2) is 60.7 Å². The Bertz CT molecular complexity index is 1740. The average Bonchev–Trinajstić information content (AvgIpc) is 3.06. The Morgan fingerprint density at radius 2 is 1.58 bits per heavy atom. The molecular weight excluding hydrogens is 652 g/mol. The number of benzene rings is 3. The highest BCUT2D eigenvalue weighted by Gasteiger charge is 2.32. The first-order chi connectivity index (χ1) is 23.7. The molecule has 4 bridgehead atoms. The largest absolute Gasteiger partial charge is 0.497 e. The molecule has 2 aliphatic rings. The minimum absolute atomic E-state index is 0.0185. The minimum Gasteiger partial charge on any atom is -0.497 e. The van der Waals surface area contributed by atoms with Gasteiger partial charge in [-0.25, -0.2) is 9.59 Å². The number of nitrogens with zero attached hydrogens (tertiary/aromatic N) is 1. The number of nitro groups is 1. The van der Waals surface area contributed by atoms with Gasteiger partial charge in [0.05, 0.1) is 26.3 Å². The van der Waals surface area contributed by atoms with E-state index in [0.29, 0.717) is 22.4 Å². The highest BCUT2D eigenvalue weighted by Crippen LogP contribution is 2.38. The van der Waals surface area contributed by atoms with E-state index in [0.717, 1.165) is 0 Å². The van der Waals surface area contributed by atoms with Gasteiger partial charge in [-0.05, 0) is 67.8 Å². The molecule has 0 aliphatic carbocycles. The standard InChI is InChI=1S/C35H40N4O11/c1-35(2,3)50-34(43)38-25-16-21-9-13-28(27(18-21)39(44)45)49-30-19-22(10-14-29(30)47-5)17-26(33(42)48-6)37-31(40)24(36-32(25)41)15-20-7-11-23(46-4)12-8-20/h7-14,18-19,24-26H,15-17H2,1-6H3,(H,36,41)(H,37,40)(H,38,43)/t24-,25+,26+/m0/s1. The van der Waals surface area contributed by atoms with Gasteiger partial charge in [-0.15, -0.1) is 0 Å². The van der Waals surface area contributed by atoms with Crippen molar-refractivity contribution in [2.45, 2.75) is 63.8 Å². The van der Waals surface area contributed by atoms with Crippen LogP contribution in [0.2, 0.25) is 0 Å². The van der Waals surface area contributed by atoms with Crippen LogP contribution in [0.3, 0.4) is 0 Å². The molecular formula is C35H40N4O11. The Kier molecular flexibility index (Phi) is 11.8. The van der Waals surface area contributed by atoms with Gasteiger partial charge in [-0.3, -0.25) is 19.7 Å². The highest BCUT2D eigenvalue weighted by molar-refractivity contribution is 5.93. The molecule has 0 aromatic heterocycles. The summed E-state index contributed by atoms with van der Waals surface area (Å²) >= 11 is 0. The Hall–Kier alpha value is -5.86. The number of alkyl carbamates (subject to hydrolysis) is 1. The first-order valence-electron chi connectivity index (χ1n) is 15.6. The summed E-state index contributed by atoms with van der Waals surface area (Å²) in [5.41, 5.74) is 0.112. The zero-order valence-electron chi connectivity index (χ0n) is 28.6. The van der Waals surface area contributed by atoms with Crippen molar-refractivity contribution in [1.82, 2.24) is 16.0 Å². The molecule has 0 saturated heterocycles. The van der Waals surface area contributed by atoms with Gasteiger partial charge in [-0.1, -0.05) is 24.3 Å². The first kappa shape index (κ1) is 37.0. The number of esters is 1. The number of hydrogen-bond acceptors (Lipinski definition) is 11. The van der Waals surface area contributed by atoms with E-state index < -0.39 is 58.2 Å². The molecule has 15 nitrogen and oxygen atoms in total. The summed E-state index contributed by atoms with van der Waals surface area (Å²) in [6.45, 7) is 4.94. The SMILES string of the molecule is COC(=O)[C@H]1Cc2ccc(OC)c(c2)Oc2ccc(cc2[N+](=O)[O-])C[C@@H](NC(=O)OC(C)(C)C)C(=O)N[C@@H](Cc2ccc(OC)cc2)C(=O)N1. The van der Waals surface area contributed by atoms with Crippen LogP contribution in [0, 0.1) is 10.1 Å². The molecule has 3 atom stereocenters. The maximum atomic E-state index is 14.0. The lowest BCUT2D eigenvalue weighted by molar-refractivity contribution is -0.385. The van der Waals surface area contributed by atoms with Crippen LogP contribution in [0.4, 0.5) is 10.5 Å². The van der Waals surface area contributed by atoms with Crippen LogP contribution in [-0.2, 0) is 43.1 Å². The maximum absolute atomic E-state index is 14.0. The second-order valence-corrected chi connectivity index (χ2v) is 12.5. The van der Waals surface area contributed by atoms with Gasteiger partial charge in [0.2, 0.25) is 17.6 Å². The highest BCUT2D eigenvalue weighted by atomic mass is 16.6. The molecule has 3 aromatic carbocycles. The number of ether oxygens (including phenoxy) is 5. The third-order valence-electron chi connectivity index (χ3n) is 7.59. The lowest BCUT2D eigenvalue weighted by Gasteiger charge is -2.26. The summed E-state index contributed by atoms with van der Waals surface area (Å²) in [6.07, 6.45) is -1.25. The molecule has 0 fully saturated rings. The van der Waals surface area contributed by atoms with Crippen molar-refractivity contribution in [2.24, 2.45) is 0 Å². The van der Waals surface area contributed by atoms with E-state index >= 15 is 0 Å². The quantitative estimate of drug-likeness (QED) is 0.185. The second kappa shape index (κ2) is 16.0. The number of nitrogens with one attached hydrogen (secondary N) is 3. The fourth-order valence-electron chi connectivity index (χ4n) is 5.18. The van der Waals surface area contributed by atoms with E-state index in [1.807, 2.05) is 0 Å². The van der Waals surface area contributed by atoms with Gasteiger partial charge in [0.25, 0.3) is 0 Å². The number of hydrogen-bond donors (Lipinski definition) is 3. The zero-order chi connectivity index (χ0) is 36.6. The number of rotatable bonds is 7. The van der Waals surface area contributed by atoms with E-state index in [-0.39, 0.29) is 36.5 Å². The summed E-state index contributed by atoms with van der Waals surface area (Å²) in [5, 5.41) is 20.1. The summed E-state index contributed by atoms with van der Waals surface area (Å²) in [5.74, 6) is -1.46. The van der Waals surface area contributed by atoms with Crippen molar-refractivity contribution in [2.75, 3.05) is 21.3 Å². The Morgan fingerprint density at radius 1 is 0.900 bits per heavy atom. The zero-order valence-corrected chi connectivity index (χ0v) is 28.6. The monoisotopic (exact) mass is 692 g/mol. The first-order valence-corrected chi connectivity index (χ1v) is 15.6. The molecule has 0 radical (unpaired) electrons. The molecule has 3 amide bonds. The summed E-state index contributed by atoms with van der Waals surface area (Å²) in [4.78, 5) is 65.3. The Balaban J connectivity index is 1.84. The second-order valence-electron chi connectivity index (χ2n) is 12.5. The molecule has 2 aliphatic heterocycles. The smallest absolute Gasteiger partial charge is 0.408 e. The van der Waals surface area contributed by atoms with E-state index in [2.05, 4.69) is 16.0 Å². The number of fused-ring (bicyclic) bond motifs is 10. The Labute approximate surface area is 288 Å². The third kappa shape index (κ3) is 9.84. The molecule has 15 heteroatoms. The van der Waals surface area contributed by atoms with Crippen LogP contribution in [0.25, 0.3) is 0 Å². The third-order valence-corrected chi connectivity index (χ3v) is 7.59. The molecule has 3 N–H and O–H groups in total. The van der Waals surface area contributed by atoms with Crippen molar-refractivity contribution in [3.05, 3.63) is 87.5 Å². The molecule has 3 aromatic rings. The molecule has 2 heterocycles. The number of carbonyl (C=O) groups is 4. The van der Waals surface area contributed by atoms with Crippen molar-refractivity contribution in [3.8, 4) is 23.0 Å². The number of methoxy groups -OCH3 is 3. The summed E-state index contributed by atoms with van der Waals surface area (Å²) < 4.78 is 27.0. The molecule has 50 heavy (non-hydrogen) atoms. The number of carbonyl (C=O) groups excluding carboxylic acids is 4. The van der Waals surface area contributed by atoms with Gasteiger partial charge in [-0.2, -0.15) is 0 Å². The fourth-order valence-corrected chi connectivity index (χ4v) is 5.18. The average molecular weight is 693 g/mol. The van der Waals surface area contributed by atoms with Gasteiger partial charge >= 0.3 is 17.7 Å². The molecule has 266 valence electrons. The van der Waals surface area contributed by atoms with Crippen molar-refractivity contribution < 1.29 is 47.8 Å². The van der Waals surface area contributed by atoms with E-state index in [1.165, 1.54) is 45.6 Å². The number of amides is 3. The lowest BCUT2D eigenvalue weighted by atomic mass is 10.0. The normalized spacial score (nSPS) is 18.0. The molecule has 0 unspecified atom stereocenters. The lowest BCUT2D eigenvalue weighted by Crippen LogP contribution is -2.57. The van der Waals surface area contributed by atoms with Crippen molar-refractivity contribution in [3.63, 3.8) is 0 Å². The van der Waals surface area contributed by atoms with Gasteiger partial charge < -0.3 is 39.6 Å². The Morgan fingerprint density at radius 3 is 2.20 bits per heavy atom.